The number of unbranched alkanes of at least 4 members (excludes halogenated alkanes) is 2. The summed E-state index contributed by atoms with van der Waals surface area (Å²) in [5.74, 6) is 0.754. The molecule has 0 bridgehead atoms. The second-order valence-electron chi connectivity index (χ2n) is 8.78. The minimum absolute atomic E-state index is 0.0103. The van der Waals surface area contributed by atoms with E-state index in [0.29, 0.717) is 11.6 Å². The maximum Gasteiger partial charge on any atom is 0.251 e. The summed E-state index contributed by atoms with van der Waals surface area (Å²) in [6.45, 7) is 1.53. The van der Waals surface area contributed by atoms with E-state index in [9.17, 15) is 4.79 Å². The van der Waals surface area contributed by atoms with Gasteiger partial charge in [0.2, 0.25) is 0 Å². The van der Waals surface area contributed by atoms with Gasteiger partial charge in [-0.1, -0.05) is 48.9 Å². The highest BCUT2D eigenvalue weighted by molar-refractivity contribution is 5.95. The molecule has 34 heavy (non-hydrogen) atoms. The molecule has 2 aromatic carbocycles. The van der Waals surface area contributed by atoms with E-state index in [1.165, 1.54) is 0 Å². The number of aromatic nitrogens is 3. The molecule has 0 spiro atoms. The molecule has 174 valence electrons. The zero-order chi connectivity index (χ0) is 23.3. The lowest BCUT2D eigenvalue weighted by molar-refractivity contribution is 0.0951. The maximum atomic E-state index is 12.4. The average molecular weight is 455 g/mol. The van der Waals surface area contributed by atoms with Crippen molar-refractivity contribution in [3.8, 4) is 22.5 Å². The fourth-order valence-corrected chi connectivity index (χ4v) is 4.01. The van der Waals surface area contributed by atoms with Crippen LogP contribution in [0.15, 0.2) is 67.0 Å². The van der Waals surface area contributed by atoms with Gasteiger partial charge in [0, 0.05) is 35.5 Å². The van der Waals surface area contributed by atoms with Crippen molar-refractivity contribution in [1.29, 1.82) is 0 Å². The lowest BCUT2D eigenvalue weighted by atomic mass is 10.1. The molecule has 4 aromatic rings. The van der Waals surface area contributed by atoms with E-state index in [1.807, 2.05) is 54.9 Å². The topological polar surface area (TPSA) is 97.3 Å². The van der Waals surface area contributed by atoms with Gasteiger partial charge in [-0.15, -0.1) is 0 Å². The molecule has 0 atom stereocenters. The van der Waals surface area contributed by atoms with E-state index in [1.54, 1.807) is 0 Å². The Morgan fingerprint density at radius 2 is 1.79 bits per heavy atom. The molecule has 1 saturated carbocycles. The summed E-state index contributed by atoms with van der Waals surface area (Å²) in [7, 11) is 0. The van der Waals surface area contributed by atoms with Crippen LogP contribution in [-0.2, 0) is 0 Å². The number of carbonyl (C=O) groups is 1. The van der Waals surface area contributed by atoms with E-state index >= 15 is 0 Å². The Kier molecular flexibility index (Phi) is 6.53. The number of hydrogen-bond acceptors (Lipinski definition) is 5. The largest absolute Gasteiger partial charge is 0.367 e. The SMILES string of the molecule is NCCCCCNc1nc(-c2ccccc2)cn2c(-c3ccc(C(=O)NC4CC4)cc3)cnc12. The van der Waals surface area contributed by atoms with Crippen LogP contribution in [0.25, 0.3) is 28.2 Å². The first kappa shape index (κ1) is 22.1. The van der Waals surface area contributed by atoms with Crippen LogP contribution in [0.4, 0.5) is 5.82 Å². The molecule has 1 aliphatic carbocycles. The Balaban J connectivity index is 1.47. The van der Waals surface area contributed by atoms with Gasteiger partial charge in [-0.2, -0.15) is 0 Å². The molecule has 0 saturated heterocycles. The predicted molar refractivity (Wildman–Crippen MR) is 136 cm³/mol. The van der Waals surface area contributed by atoms with Crippen molar-refractivity contribution in [3.05, 3.63) is 72.6 Å². The number of nitrogens with zero attached hydrogens (tertiary/aromatic N) is 3. The molecule has 0 unspecified atom stereocenters. The van der Waals surface area contributed by atoms with Gasteiger partial charge in [0.1, 0.15) is 0 Å². The molecular weight excluding hydrogens is 424 g/mol. The molecule has 2 aromatic heterocycles. The predicted octanol–water partition coefficient (Wildman–Crippen LogP) is 4.50. The number of amides is 1. The van der Waals surface area contributed by atoms with E-state index in [0.717, 1.165) is 79.2 Å². The number of imidazole rings is 1. The van der Waals surface area contributed by atoms with Gasteiger partial charge < -0.3 is 16.4 Å². The number of nitrogens with two attached hydrogens (primary N) is 1. The summed E-state index contributed by atoms with van der Waals surface area (Å²) in [4.78, 5) is 21.9. The van der Waals surface area contributed by atoms with Crippen LogP contribution in [0.5, 0.6) is 0 Å². The Labute approximate surface area is 199 Å². The van der Waals surface area contributed by atoms with Gasteiger partial charge in [0.15, 0.2) is 11.5 Å². The molecule has 5 rings (SSSR count). The van der Waals surface area contributed by atoms with Gasteiger partial charge in [0.05, 0.1) is 17.6 Å². The van der Waals surface area contributed by atoms with Crippen molar-refractivity contribution in [3.63, 3.8) is 0 Å². The third-order valence-corrected chi connectivity index (χ3v) is 6.09. The normalized spacial score (nSPS) is 13.2. The number of carbonyl (C=O) groups excluding carboxylic acids is 1. The fourth-order valence-electron chi connectivity index (χ4n) is 4.01. The Hall–Kier alpha value is -3.71. The van der Waals surface area contributed by atoms with Crippen molar-refractivity contribution < 1.29 is 4.79 Å². The highest BCUT2D eigenvalue weighted by atomic mass is 16.1. The van der Waals surface area contributed by atoms with Crippen LogP contribution in [0.3, 0.4) is 0 Å². The molecular formula is C27H30N6O. The van der Waals surface area contributed by atoms with E-state index in [-0.39, 0.29) is 5.91 Å². The summed E-state index contributed by atoms with van der Waals surface area (Å²) in [6, 6.07) is 18.2. The molecule has 0 aliphatic heterocycles. The number of hydrogen-bond donors (Lipinski definition) is 3. The molecule has 1 aliphatic rings. The third-order valence-electron chi connectivity index (χ3n) is 6.09. The second-order valence-corrected chi connectivity index (χ2v) is 8.78. The van der Waals surface area contributed by atoms with Crippen LogP contribution in [0, 0.1) is 0 Å². The number of nitrogens with one attached hydrogen (secondary N) is 2. The lowest BCUT2D eigenvalue weighted by Crippen LogP contribution is -2.25. The fraction of sp³-hybridized carbons (Fsp3) is 0.296. The quantitative estimate of drug-likeness (QED) is 0.307. The second kappa shape index (κ2) is 10.1. The number of benzene rings is 2. The van der Waals surface area contributed by atoms with Crippen molar-refractivity contribution >= 4 is 17.4 Å². The third kappa shape index (κ3) is 4.94. The highest BCUT2D eigenvalue weighted by Crippen LogP contribution is 2.28. The monoisotopic (exact) mass is 454 g/mol. The van der Waals surface area contributed by atoms with Crippen LogP contribution in [0.1, 0.15) is 42.5 Å². The number of anilines is 1. The minimum atomic E-state index is -0.0103. The van der Waals surface area contributed by atoms with Crippen LogP contribution < -0.4 is 16.4 Å². The molecule has 7 nitrogen and oxygen atoms in total. The zero-order valence-electron chi connectivity index (χ0n) is 19.2. The van der Waals surface area contributed by atoms with Gasteiger partial charge >= 0.3 is 0 Å². The van der Waals surface area contributed by atoms with Crippen molar-refractivity contribution in [1.82, 2.24) is 19.7 Å². The van der Waals surface area contributed by atoms with Crippen molar-refractivity contribution in [2.24, 2.45) is 5.73 Å². The molecule has 1 fully saturated rings. The summed E-state index contributed by atoms with van der Waals surface area (Å²) in [5.41, 5.74) is 10.9. The Bertz CT molecular complexity index is 1260. The van der Waals surface area contributed by atoms with Crippen LogP contribution in [-0.4, -0.2) is 39.4 Å². The average Bonchev–Trinajstić information content (AvgIpc) is 3.59. The molecule has 0 radical (unpaired) electrons. The van der Waals surface area contributed by atoms with Crippen LogP contribution in [0.2, 0.25) is 0 Å². The van der Waals surface area contributed by atoms with Gasteiger partial charge in [0.25, 0.3) is 5.91 Å². The summed E-state index contributed by atoms with van der Waals surface area (Å²) in [6.07, 6.45) is 9.18. The van der Waals surface area contributed by atoms with E-state index in [2.05, 4.69) is 32.2 Å². The Morgan fingerprint density at radius 3 is 2.53 bits per heavy atom. The summed E-state index contributed by atoms with van der Waals surface area (Å²) < 4.78 is 2.08. The van der Waals surface area contributed by atoms with Crippen LogP contribution >= 0.6 is 0 Å². The first-order chi connectivity index (χ1) is 16.7. The summed E-state index contributed by atoms with van der Waals surface area (Å²) >= 11 is 0. The molecule has 7 heteroatoms. The van der Waals surface area contributed by atoms with E-state index in [4.69, 9.17) is 10.7 Å². The first-order valence-electron chi connectivity index (χ1n) is 12.0. The van der Waals surface area contributed by atoms with Gasteiger partial charge in [-0.3, -0.25) is 9.20 Å². The summed E-state index contributed by atoms with van der Waals surface area (Å²) in [5, 5.41) is 6.52. The number of rotatable bonds is 10. The highest BCUT2D eigenvalue weighted by Gasteiger charge is 2.23. The minimum Gasteiger partial charge on any atom is -0.367 e. The van der Waals surface area contributed by atoms with Gasteiger partial charge in [-0.05, 0) is 44.4 Å². The van der Waals surface area contributed by atoms with Crippen molar-refractivity contribution in [2.75, 3.05) is 18.4 Å². The van der Waals surface area contributed by atoms with Crippen molar-refractivity contribution in [2.45, 2.75) is 38.1 Å². The lowest BCUT2D eigenvalue weighted by Gasteiger charge is -2.11. The number of fused-ring (bicyclic) bond motifs is 1. The smallest absolute Gasteiger partial charge is 0.251 e. The standard InChI is InChI=1S/C27H30N6O/c28-15-5-2-6-16-29-25-26-30-17-24(33(26)18-23(32-25)19-7-3-1-4-8-19)20-9-11-21(12-10-20)27(34)31-22-13-14-22/h1,3-4,7-12,17-18,22H,2,5-6,13-16,28H2,(H,29,32)(H,31,34). The van der Waals surface area contributed by atoms with E-state index < -0.39 is 0 Å². The zero-order valence-corrected chi connectivity index (χ0v) is 19.2. The maximum absolute atomic E-state index is 12.4. The van der Waals surface area contributed by atoms with Gasteiger partial charge in [-0.25, -0.2) is 9.97 Å². The first-order valence-corrected chi connectivity index (χ1v) is 12.0. The molecule has 2 heterocycles. The molecule has 4 N–H and O–H groups in total. The Morgan fingerprint density at radius 1 is 1.00 bits per heavy atom. The molecule has 1 amide bonds.